The largest absolute Gasteiger partial charge is 0.465 e. The second-order valence-corrected chi connectivity index (χ2v) is 8.70. The van der Waals surface area contributed by atoms with Crippen LogP contribution in [0.4, 0.5) is 0 Å². The number of ether oxygens (including phenoxy) is 2. The van der Waals surface area contributed by atoms with Crippen LogP contribution in [0, 0.1) is 12.8 Å². The van der Waals surface area contributed by atoms with Gasteiger partial charge in [-0.15, -0.1) is 0 Å². The molecule has 1 aliphatic rings. The molecule has 3 aromatic rings. The molecule has 0 aliphatic carbocycles. The number of para-hydroxylation sites is 1. The van der Waals surface area contributed by atoms with E-state index in [4.69, 9.17) is 14.6 Å². The summed E-state index contributed by atoms with van der Waals surface area (Å²) in [5.41, 5.74) is 5.65. The normalized spacial score (nSPS) is 17.5. The highest BCUT2D eigenvalue weighted by molar-refractivity contribution is 5.95. The Hall–Kier alpha value is -4.13. The van der Waals surface area contributed by atoms with Crippen molar-refractivity contribution in [3.8, 4) is 16.9 Å². The average molecular weight is 486 g/mol. The molecule has 7 nitrogen and oxygen atoms in total. The quantitative estimate of drug-likeness (QED) is 0.471. The molecule has 4 rings (SSSR count). The molecule has 0 saturated carbocycles. The Labute approximate surface area is 211 Å². The molecule has 0 bridgehead atoms. The molecule has 0 spiro atoms. The SMILES string of the molecule is C=C1NC(C)=C(C(=O)OCC)C(c2cn(-c3ccccc3)nc2-c2ccc(C)cc2)C1C(=O)OCC. The zero-order chi connectivity index (χ0) is 25.8. The van der Waals surface area contributed by atoms with Gasteiger partial charge in [-0.3, -0.25) is 4.79 Å². The van der Waals surface area contributed by atoms with Crippen LogP contribution in [0.2, 0.25) is 0 Å². The molecular weight excluding hydrogens is 454 g/mol. The van der Waals surface area contributed by atoms with Gasteiger partial charge in [0.1, 0.15) is 5.92 Å². The third-order valence-corrected chi connectivity index (χ3v) is 6.23. The lowest BCUT2D eigenvalue weighted by atomic mass is 9.75. The molecule has 0 radical (unpaired) electrons. The Balaban J connectivity index is 1.99. The topological polar surface area (TPSA) is 82.5 Å². The third-order valence-electron chi connectivity index (χ3n) is 6.23. The highest BCUT2D eigenvalue weighted by atomic mass is 16.5. The lowest BCUT2D eigenvalue weighted by Gasteiger charge is -2.34. The number of benzene rings is 2. The number of carbonyl (C=O) groups excluding carboxylic acids is 2. The highest BCUT2D eigenvalue weighted by Gasteiger charge is 2.44. The van der Waals surface area contributed by atoms with Crippen LogP contribution < -0.4 is 5.32 Å². The van der Waals surface area contributed by atoms with Gasteiger partial charge in [0.15, 0.2) is 0 Å². The lowest BCUT2D eigenvalue weighted by molar-refractivity contribution is -0.147. The van der Waals surface area contributed by atoms with Crippen molar-refractivity contribution in [3.05, 3.63) is 95.5 Å². The number of esters is 2. The van der Waals surface area contributed by atoms with Crippen molar-refractivity contribution in [2.75, 3.05) is 13.2 Å². The van der Waals surface area contributed by atoms with Gasteiger partial charge in [0.25, 0.3) is 0 Å². The van der Waals surface area contributed by atoms with Crippen LogP contribution in [-0.4, -0.2) is 34.9 Å². The maximum Gasteiger partial charge on any atom is 0.336 e. The van der Waals surface area contributed by atoms with Gasteiger partial charge in [-0.2, -0.15) is 5.10 Å². The van der Waals surface area contributed by atoms with E-state index in [2.05, 4.69) is 11.9 Å². The van der Waals surface area contributed by atoms with Crippen LogP contribution in [0.5, 0.6) is 0 Å². The average Bonchev–Trinajstić information content (AvgIpc) is 3.30. The van der Waals surface area contributed by atoms with E-state index in [1.807, 2.05) is 67.7 Å². The molecule has 2 aromatic carbocycles. The molecule has 2 unspecified atom stereocenters. The van der Waals surface area contributed by atoms with Crippen LogP contribution in [-0.2, 0) is 19.1 Å². The summed E-state index contributed by atoms with van der Waals surface area (Å²) >= 11 is 0. The molecule has 2 atom stereocenters. The minimum absolute atomic E-state index is 0.209. The van der Waals surface area contributed by atoms with Crippen molar-refractivity contribution in [2.45, 2.75) is 33.6 Å². The Morgan fingerprint density at radius 3 is 2.31 bits per heavy atom. The zero-order valence-electron chi connectivity index (χ0n) is 21.1. The summed E-state index contributed by atoms with van der Waals surface area (Å²) in [5, 5.41) is 8.04. The Morgan fingerprint density at radius 2 is 1.67 bits per heavy atom. The van der Waals surface area contributed by atoms with E-state index in [-0.39, 0.29) is 13.2 Å². The summed E-state index contributed by atoms with van der Waals surface area (Å²) < 4.78 is 12.6. The Bertz CT molecular complexity index is 1310. The summed E-state index contributed by atoms with van der Waals surface area (Å²) in [7, 11) is 0. The number of aromatic nitrogens is 2. The van der Waals surface area contributed by atoms with Crippen LogP contribution in [0.15, 0.2) is 84.3 Å². The molecule has 2 heterocycles. The minimum atomic E-state index is -0.842. The maximum absolute atomic E-state index is 13.3. The van der Waals surface area contributed by atoms with Crippen molar-refractivity contribution in [2.24, 2.45) is 5.92 Å². The van der Waals surface area contributed by atoms with Crippen molar-refractivity contribution >= 4 is 11.9 Å². The van der Waals surface area contributed by atoms with Gasteiger partial charge in [0.05, 0.1) is 30.2 Å². The van der Waals surface area contributed by atoms with E-state index >= 15 is 0 Å². The molecule has 0 saturated heterocycles. The van der Waals surface area contributed by atoms with Gasteiger partial charge in [-0.05, 0) is 39.8 Å². The molecule has 36 heavy (non-hydrogen) atoms. The number of rotatable bonds is 7. The number of aryl methyl sites for hydroxylation is 1. The summed E-state index contributed by atoms with van der Waals surface area (Å²) in [6.45, 7) is 11.9. The number of nitrogens with zero attached hydrogens (tertiary/aromatic N) is 2. The first-order valence-corrected chi connectivity index (χ1v) is 12.1. The third kappa shape index (κ3) is 4.82. The van der Waals surface area contributed by atoms with Crippen LogP contribution in [0.1, 0.15) is 37.8 Å². The maximum atomic E-state index is 13.3. The van der Waals surface area contributed by atoms with Gasteiger partial charge >= 0.3 is 11.9 Å². The number of nitrogens with one attached hydrogen (secondary N) is 1. The molecule has 186 valence electrons. The van der Waals surface area contributed by atoms with E-state index in [0.717, 1.165) is 16.8 Å². The number of hydrogen-bond acceptors (Lipinski definition) is 6. The summed E-state index contributed by atoms with van der Waals surface area (Å²) in [6, 6.07) is 17.7. The van der Waals surface area contributed by atoms with Gasteiger partial charge in [0, 0.05) is 34.6 Å². The molecule has 1 aliphatic heterocycles. The van der Waals surface area contributed by atoms with Crippen molar-refractivity contribution in [3.63, 3.8) is 0 Å². The van der Waals surface area contributed by atoms with Gasteiger partial charge in [0.2, 0.25) is 0 Å². The fourth-order valence-electron chi connectivity index (χ4n) is 4.59. The summed E-state index contributed by atoms with van der Waals surface area (Å²) in [5.74, 6) is -2.50. The van der Waals surface area contributed by atoms with E-state index in [0.29, 0.717) is 28.2 Å². The van der Waals surface area contributed by atoms with Gasteiger partial charge in [-0.1, -0.05) is 54.6 Å². The number of hydrogen-bond donors (Lipinski definition) is 1. The molecule has 0 fully saturated rings. The smallest absolute Gasteiger partial charge is 0.336 e. The Kier molecular flexibility index (Phi) is 7.38. The van der Waals surface area contributed by atoms with Crippen LogP contribution in [0.25, 0.3) is 16.9 Å². The molecule has 7 heteroatoms. The van der Waals surface area contributed by atoms with Crippen LogP contribution in [0.3, 0.4) is 0 Å². The zero-order valence-corrected chi connectivity index (χ0v) is 21.1. The highest BCUT2D eigenvalue weighted by Crippen LogP contribution is 2.44. The van der Waals surface area contributed by atoms with Crippen molar-refractivity contribution in [1.29, 1.82) is 0 Å². The first kappa shape index (κ1) is 25.0. The molecule has 0 amide bonds. The second-order valence-electron chi connectivity index (χ2n) is 8.70. The fourth-order valence-corrected chi connectivity index (χ4v) is 4.59. The first-order valence-electron chi connectivity index (χ1n) is 12.1. The van der Waals surface area contributed by atoms with E-state index < -0.39 is 23.8 Å². The Morgan fingerprint density at radius 1 is 1.00 bits per heavy atom. The van der Waals surface area contributed by atoms with Gasteiger partial charge in [-0.25, -0.2) is 9.48 Å². The predicted molar refractivity (Wildman–Crippen MR) is 138 cm³/mol. The van der Waals surface area contributed by atoms with E-state index in [1.165, 1.54) is 0 Å². The predicted octanol–water partition coefficient (Wildman–Crippen LogP) is 5.06. The van der Waals surface area contributed by atoms with Crippen molar-refractivity contribution < 1.29 is 19.1 Å². The number of allylic oxidation sites excluding steroid dienone is 1. The standard InChI is InChI=1S/C29H31N3O4/c1-6-35-28(33)24-19(4)30-20(5)25(29(34)36-7-2)26(24)23-17-32(22-11-9-8-10-12-22)31-27(23)21-15-13-18(3)14-16-21/h8-17,24,26,30H,4,6-7H2,1-3,5H3. The monoisotopic (exact) mass is 485 g/mol. The van der Waals surface area contributed by atoms with E-state index in [1.54, 1.807) is 25.5 Å². The molecule has 1 N–H and O–H groups in total. The minimum Gasteiger partial charge on any atom is -0.465 e. The molecular formula is C29H31N3O4. The summed E-state index contributed by atoms with van der Waals surface area (Å²) in [4.78, 5) is 26.5. The van der Waals surface area contributed by atoms with Crippen molar-refractivity contribution in [1.82, 2.24) is 15.1 Å². The first-order chi connectivity index (χ1) is 17.3. The molecule has 1 aromatic heterocycles. The number of carbonyl (C=O) groups is 2. The van der Waals surface area contributed by atoms with E-state index in [9.17, 15) is 9.59 Å². The van der Waals surface area contributed by atoms with Crippen LogP contribution >= 0.6 is 0 Å². The summed E-state index contributed by atoms with van der Waals surface area (Å²) in [6.07, 6.45) is 1.88. The second kappa shape index (κ2) is 10.6. The fraction of sp³-hybridized carbons (Fsp3) is 0.276. The lowest BCUT2D eigenvalue weighted by Crippen LogP contribution is -2.39. The van der Waals surface area contributed by atoms with Gasteiger partial charge < -0.3 is 14.8 Å².